The Kier molecular flexibility index (Phi) is 5.96. The molecule has 28 heavy (non-hydrogen) atoms. The van der Waals surface area contributed by atoms with Gasteiger partial charge in [0.25, 0.3) is 11.8 Å². The molecule has 0 aliphatic carbocycles. The lowest BCUT2D eigenvalue weighted by Crippen LogP contribution is -2.16. The second-order valence-electron chi connectivity index (χ2n) is 6.20. The summed E-state index contributed by atoms with van der Waals surface area (Å²) in [6, 6.07) is 18.9. The molecule has 6 heteroatoms. The molecule has 0 aliphatic rings. The summed E-state index contributed by atoms with van der Waals surface area (Å²) in [5.74, 6) is -0.0971. The number of hydrogen-bond donors (Lipinski definition) is 2. The highest BCUT2D eigenvalue weighted by molar-refractivity contribution is 6.31. The summed E-state index contributed by atoms with van der Waals surface area (Å²) in [5.41, 5.74) is 2.87. The Morgan fingerprint density at radius 3 is 2.21 bits per heavy atom. The molecule has 0 radical (unpaired) electrons. The fourth-order valence-corrected chi connectivity index (χ4v) is 2.88. The van der Waals surface area contributed by atoms with E-state index in [1.807, 2.05) is 19.1 Å². The molecule has 0 heterocycles. The van der Waals surface area contributed by atoms with Gasteiger partial charge in [0.2, 0.25) is 0 Å². The number of carbonyl (C=O) groups excluding carboxylic acids is 2. The highest BCUT2D eigenvalue weighted by atomic mass is 35.5. The van der Waals surface area contributed by atoms with Gasteiger partial charge in [-0.05, 0) is 61.0 Å². The van der Waals surface area contributed by atoms with E-state index in [0.29, 0.717) is 33.3 Å². The molecule has 142 valence electrons. The van der Waals surface area contributed by atoms with Crippen molar-refractivity contribution in [1.29, 1.82) is 0 Å². The smallest absolute Gasteiger partial charge is 0.255 e. The molecule has 3 rings (SSSR count). The third-order valence-corrected chi connectivity index (χ3v) is 4.31. The number of benzene rings is 3. The minimum atomic E-state index is -0.332. The van der Waals surface area contributed by atoms with Gasteiger partial charge in [-0.25, -0.2) is 0 Å². The van der Waals surface area contributed by atoms with Crippen molar-refractivity contribution in [2.45, 2.75) is 6.92 Å². The van der Waals surface area contributed by atoms with Crippen LogP contribution in [0.1, 0.15) is 26.3 Å². The highest BCUT2D eigenvalue weighted by Crippen LogP contribution is 2.26. The Morgan fingerprint density at radius 1 is 0.857 bits per heavy atom. The van der Waals surface area contributed by atoms with E-state index in [-0.39, 0.29) is 11.8 Å². The topological polar surface area (TPSA) is 67.4 Å². The Balaban J connectivity index is 1.78. The van der Waals surface area contributed by atoms with Gasteiger partial charge >= 0.3 is 0 Å². The van der Waals surface area contributed by atoms with Crippen LogP contribution >= 0.6 is 11.6 Å². The summed E-state index contributed by atoms with van der Waals surface area (Å²) < 4.78 is 5.29. The average molecular weight is 395 g/mol. The van der Waals surface area contributed by atoms with E-state index in [4.69, 9.17) is 16.3 Å². The number of halogens is 1. The van der Waals surface area contributed by atoms with Crippen molar-refractivity contribution in [3.05, 3.63) is 88.4 Å². The van der Waals surface area contributed by atoms with Gasteiger partial charge in [-0.3, -0.25) is 9.59 Å². The fraction of sp³-hybridized carbons (Fsp3) is 0.0909. The first kappa shape index (κ1) is 19.5. The summed E-state index contributed by atoms with van der Waals surface area (Å²) in [6.45, 7) is 1.93. The second kappa shape index (κ2) is 8.59. The number of anilines is 2. The maximum Gasteiger partial charge on any atom is 0.255 e. The molecule has 2 amide bonds. The zero-order valence-corrected chi connectivity index (χ0v) is 16.2. The van der Waals surface area contributed by atoms with Gasteiger partial charge in [0, 0.05) is 21.8 Å². The van der Waals surface area contributed by atoms with Crippen LogP contribution in [0.5, 0.6) is 5.75 Å². The number of rotatable bonds is 5. The van der Waals surface area contributed by atoms with Crippen LogP contribution in [0, 0.1) is 6.92 Å². The maximum atomic E-state index is 12.7. The molecule has 0 saturated carbocycles. The van der Waals surface area contributed by atoms with E-state index in [0.717, 1.165) is 5.56 Å². The van der Waals surface area contributed by atoms with E-state index in [1.54, 1.807) is 55.6 Å². The van der Waals surface area contributed by atoms with Crippen LogP contribution < -0.4 is 15.4 Å². The minimum absolute atomic E-state index is 0.329. The van der Waals surface area contributed by atoms with Crippen molar-refractivity contribution in [1.82, 2.24) is 0 Å². The van der Waals surface area contributed by atoms with Crippen molar-refractivity contribution in [2.75, 3.05) is 17.7 Å². The van der Waals surface area contributed by atoms with E-state index < -0.39 is 0 Å². The molecule has 3 aromatic rings. The quantitative estimate of drug-likeness (QED) is 0.628. The molecule has 0 aromatic heterocycles. The number of nitrogens with one attached hydrogen (secondary N) is 2. The van der Waals surface area contributed by atoms with Crippen molar-refractivity contribution in [2.24, 2.45) is 0 Å². The number of hydrogen-bond acceptors (Lipinski definition) is 3. The van der Waals surface area contributed by atoms with Crippen molar-refractivity contribution < 1.29 is 14.3 Å². The number of aryl methyl sites for hydroxylation is 1. The van der Waals surface area contributed by atoms with Gasteiger partial charge in [-0.2, -0.15) is 0 Å². The molecule has 0 spiro atoms. The first-order valence-electron chi connectivity index (χ1n) is 8.59. The third-order valence-electron chi connectivity index (χ3n) is 4.07. The molecule has 2 N–H and O–H groups in total. The van der Waals surface area contributed by atoms with Crippen LogP contribution in [0.3, 0.4) is 0 Å². The summed E-state index contributed by atoms with van der Waals surface area (Å²) >= 11 is 5.94. The molecular weight excluding hydrogens is 376 g/mol. The van der Waals surface area contributed by atoms with Gasteiger partial charge in [0.05, 0.1) is 12.8 Å². The lowest BCUT2D eigenvalue weighted by Gasteiger charge is -2.12. The predicted octanol–water partition coefficient (Wildman–Crippen LogP) is 5.16. The van der Waals surface area contributed by atoms with Gasteiger partial charge < -0.3 is 15.4 Å². The van der Waals surface area contributed by atoms with Gasteiger partial charge in [0.15, 0.2) is 0 Å². The van der Waals surface area contributed by atoms with Gasteiger partial charge in [-0.15, -0.1) is 0 Å². The molecule has 0 fully saturated rings. The van der Waals surface area contributed by atoms with E-state index in [9.17, 15) is 9.59 Å². The molecule has 5 nitrogen and oxygen atoms in total. The zero-order chi connectivity index (χ0) is 20.1. The molecule has 3 aromatic carbocycles. The predicted molar refractivity (Wildman–Crippen MR) is 112 cm³/mol. The molecule has 0 saturated heterocycles. The standard InChI is InChI=1S/C22H19ClN2O3/c1-14-9-10-20(28-2)19(11-14)25-22(27)16-6-3-5-15(12-16)21(26)24-18-8-4-7-17(23)13-18/h3-13H,1-2H3,(H,24,26)(H,25,27). The minimum Gasteiger partial charge on any atom is -0.495 e. The van der Waals surface area contributed by atoms with Gasteiger partial charge in [-0.1, -0.05) is 29.8 Å². The molecule has 0 aliphatic heterocycles. The summed E-state index contributed by atoms with van der Waals surface area (Å²) in [5, 5.41) is 6.12. The highest BCUT2D eigenvalue weighted by Gasteiger charge is 2.13. The second-order valence-corrected chi connectivity index (χ2v) is 6.64. The van der Waals surface area contributed by atoms with Crippen molar-refractivity contribution in [3.63, 3.8) is 0 Å². The maximum absolute atomic E-state index is 12.7. The van der Waals surface area contributed by atoms with Crippen LogP contribution in [0.25, 0.3) is 0 Å². The third kappa shape index (κ3) is 4.69. The van der Waals surface area contributed by atoms with E-state index in [2.05, 4.69) is 10.6 Å². The average Bonchev–Trinajstić information content (AvgIpc) is 2.68. The molecular formula is C22H19ClN2O3. The Bertz CT molecular complexity index is 1030. The number of amides is 2. The van der Waals surface area contributed by atoms with E-state index in [1.165, 1.54) is 6.07 Å². The molecule has 0 bridgehead atoms. The lowest BCUT2D eigenvalue weighted by molar-refractivity contribution is 0.102. The Hall–Kier alpha value is -3.31. The summed E-state index contributed by atoms with van der Waals surface area (Å²) in [7, 11) is 1.54. The van der Waals surface area contributed by atoms with Crippen LogP contribution in [-0.4, -0.2) is 18.9 Å². The number of methoxy groups -OCH3 is 1. The SMILES string of the molecule is COc1ccc(C)cc1NC(=O)c1cccc(C(=O)Nc2cccc(Cl)c2)c1. The van der Waals surface area contributed by atoms with Gasteiger partial charge in [0.1, 0.15) is 5.75 Å². The largest absolute Gasteiger partial charge is 0.495 e. The van der Waals surface area contributed by atoms with Crippen LogP contribution in [0.2, 0.25) is 5.02 Å². The number of ether oxygens (including phenoxy) is 1. The van der Waals surface area contributed by atoms with Crippen LogP contribution in [0.15, 0.2) is 66.7 Å². The van der Waals surface area contributed by atoms with Crippen molar-refractivity contribution >= 4 is 34.8 Å². The summed E-state index contributed by atoms with van der Waals surface area (Å²) in [4.78, 5) is 25.2. The van der Waals surface area contributed by atoms with Crippen molar-refractivity contribution in [3.8, 4) is 5.75 Å². The lowest BCUT2D eigenvalue weighted by atomic mass is 10.1. The zero-order valence-electron chi connectivity index (χ0n) is 15.5. The normalized spacial score (nSPS) is 10.2. The number of carbonyl (C=O) groups is 2. The summed E-state index contributed by atoms with van der Waals surface area (Å²) in [6.07, 6.45) is 0. The fourth-order valence-electron chi connectivity index (χ4n) is 2.69. The van der Waals surface area contributed by atoms with Crippen LogP contribution in [-0.2, 0) is 0 Å². The molecule has 0 unspecified atom stereocenters. The Morgan fingerprint density at radius 2 is 1.54 bits per heavy atom. The first-order valence-corrected chi connectivity index (χ1v) is 8.97. The van der Waals surface area contributed by atoms with Crippen LogP contribution in [0.4, 0.5) is 11.4 Å². The first-order chi connectivity index (χ1) is 13.5. The molecule has 0 atom stereocenters. The van der Waals surface area contributed by atoms with E-state index >= 15 is 0 Å². The Labute approximate surface area is 168 Å². The monoisotopic (exact) mass is 394 g/mol.